The minimum Gasteiger partial charge on any atom is -0.441 e. The maximum atomic E-state index is 5.86. The third-order valence-electron chi connectivity index (χ3n) is 4.57. The Balaban J connectivity index is 1.58. The van der Waals surface area contributed by atoms with E-state index in [0.717, 1.165) is 46.5 Å². The van der Waals surface area contributed by atoms with Gasteiger partial charge in [0.15, 0.2) is 22.9 Å². The lowest BCUT2D eigenvalue weighted by Crippen LogP contribution is -2.00. The third-order valence-corrected chi connectivity index (χ3v) is 4.57. The minimum atomic E-state index is 0.590. The Kier molecular flexibility index (Phi) is 4.32. The Morgan fingerprint density at radius 3 is 2.72 bits per heavy atom. The molecule has 5 aromatic rings. The van der Waals surface area contributed by atoms with E-state index in [4.69, 9.17) is 9.40 Å². The molecule has 4 aromatic heterocycles. The molecule has 0 aliphatic carbocycles. The molecule has 0 saturated heterocycles. The van der Waals surface area contributed by atoms with Gasteiger partial charge < -0.3 is 9.73 Å². The molecule has 0 aliphatic heterocycles. The van der Waals surface area contributed by atoms with Crippen molar-refractivity contribution in [2.24, 2.45) is 0 Å². The van der Waals surface area contributed by atoms with Crippen molar-refractivity contribution in [2.75, 3.05) is 5.32 Å². The number of pyridine rings is 2. The van der Waals surface area contributed by atoms with Gasteiger partial charge in [0.25, 0.3) is 0 Å². The smallest absolute Gasteiger partial charge is 0.195 e. The number of benzene rings is 1. The summed E-state index contributed by atoms with van der Waals surface area (Å²) >= 11 is 0. The van der Waals surface area contributed by atoms with E-state index in [9.17, 15) is 0 Å². The van der Waals surface area contributed by atoms with Crippen molar-refractivity contribution in [3.05, 3.63) is 66.9 Å². The first-order chi connectivity index (χ1) is 14.3. The number of hydrogen-bond acceptors (Lipinski definition) is 7. The highest BCUT2D eigenvalue weighted by Gasteiger charge is 2.12. The zero-order chi connectivity index (χ0) is 19.6. The molecule has 7 nitrogen and oxygen atoms in total. The monoisotopic (exact) mass is 382 g/mol. The summed E-state index contributed by atoms with van der Waals surface area (Å²) in [5.74, 6) is 2.03. The maximum Gasteiger partial charge on any atom is 0.195 e. The molecule has 1 N–H and O–H groups in total. The van der Waals surface area contributed by atoms with Crippen molar-refractivity contribution in [2.45, 2.75) is 19.8 Å². The Morgan fingerprint density at radius 2 is 1.86 bits per heavy atom. The van der Waals surface area contributed by atoms with Gasteiger partial charge in [0.1, 0.15) is 11.3 Å². The van der Waals surface area contributed by atoms with Crippen LogP contribution in [0.25, 0.3) is 33.5 Å². The number of hydrogen-bond donors (Lipinski definition) is 1. The predicted molar refractivity (Wildman–Crippen MR) is 112 cm³/mol. The average molecular weight is 382 g/mol. The summed E-state index contributed by atoms with van der Waals surface area (Å²) in [5, 5.41) is 4.24. The number of oxazole rings is 1. The van der Waals surface area contributed by atoms with Crippen LogP contribution in [0.3, 0.4) is 0 Å². The van der Waals surface area contributed by atoms with Gasteiger partial charge in [-0.1, -0.05) is 6.92 Å². The lowest BCUT2D eigenvalue weighted by atomic mass is 10.2. The first-order valence-corrected chi connectivity index (χ1v) is 9.50. The van der Waals surface area contributed by atoms with Gasteiger partial charge in [-0.15, -0.1) is 0 Å². The second-order valence-electron chi connectivity index (χ2n) is 6.67. The van der Waals surface area contributed by atoms with Crippen LogP contribution in [0.5, 0.6) is 0 Å². The highest BCUT2D eigenvalue weighted by Crippen LogP contribution is 2.28. The van der Waals surface area contributed by atoms with Crippen LogP contribution in [0, 0.1) is 0 Å². The van der Waals surface area contributed by atoms with Crippen LogP contribution >= 0.6 is 0 Å². The molecule has 142 valence electrons. The molecule has 0 bridgehead atoms. The number of aryl methyl sites for hydroxylation is 1. The Morgan fingerprint density at radius 1 is 0.966 bits per heavy atom. The topological polar surface area (TPSA) is 89.6 Å². The van der Waals surface area contributed by atoms with Crippen LogP contribution in [-0.4, -0.2) is 24.9 Å². The van der Waals surface area contributed by atoms with Crippen molar-refractivity contribution < 1.29 is 4.42 Å². The molecule has 29 heavy (non-hydrogen) atoms. The summed E-state index contributed by atoms with van der Waals surface area (Å²) in [6, 6.07) is 13.4. The fourth-order valence-electron chi connectivity index (χ4n) is 3.20. The molecule has 0 radical (unpaired) electrons. The van der Waals surface area contributed by atoms with Gasteiger partial charge in [-0.05, 0) is 42.8 Å². The molecule has 5 rings (SSSR count). The van der Waals surface area contributed by atoms with E-state index in [0.29, 0.717) is 17.3 Å². The van der Waals surface area contributed by atoms with Crippen molar-refractivity contribution in [3.63, 3.8) is 0 Å². The molecule has 0 amide bonds. The molecule has 0 saturated carbocycles. The minimum absolute atomic E-state index is 0.590. The van der Waals surface area contributed by atoms with Gasteiger partial charge in [0.2, 0.25) is 0 Å². The van der Waals surface area contributed by atoms with E-state index in [-0.39, 0.29) is 0 Å². The number of nitrogens with one attached hydrogen (secondary N) is 1. The summed E-state index contributed by atoms with van der Waals surface area (Å²) < 4.78 is 5.86. The summed E-state index contributed by atoms with van der Waals surface area (Å²) in [6.45, 7) is 2.11. The van der Waals surface area contributed by atoms with Gasteiger partial charge in [0.05, 0.1) is 5.39 Å². The van der Waals surface area contributed by atoms with Crippen LogP contribution < -0.4 is 5.32 Å². The molecule has 0 atom stereocenters. The predicted octanol–water partition coefficient (Wildman–Crippen LogP) is 4.92. The normalized spacial score (nSPS) is 11.2. The van der Waals surface area contributed by atoms with E-state index in [1.54, 1.807) is 18.6 Å². The Hall–Kier alpha value is -3.87. The summed E-state index contributed by atoms with van der Waals surface area (Å²) in [5.41, 5.74) is 3.98. The molecule has 0 aliphatic rings. The van der Waals surface area contributed by atoms with Gasteiger partial charge in [0, 0.05) is 42.3 Å². The fourth-order valence-corrected chi connectivity index (χ4v) is 3.20. The summed E-state index contributed by atoms with van der Waals surface area (Å²) in [7, 11) is 0. The maximum absolute atomic E-state index is 5.86. The highest BCUT2D eigenvalue weighted by atomic mass is 16.3. The second kappa shape index (κ2) is 7.27. The molecule has 1 aromatic carbocycles. The number of aromatic nitrogens is 5. The Labute approximate surface area is 166 Å². The average Bonchev–Trinajstić information content (AvgIpc) is 3.16. The number of fused-ring (bicyclic) bond motifs is 2. The van der Waals surface area contributed by atoms with Crippen molar-refractivity contribution in [1.29, 1.82) is 0 Å². The van der Waals surface area contributed by atoms with Gasteiger partial charge in [-0.25, -0.2) is 19.9 Å². The molecule has 7 heteroatoms. The standard InChI is InChI=1S/C22H18N6O/c1-2-4-19-26-17-7-6-15(13-18(17)29-19)25-22-16-5-3-10-24-21(16)27-20(28-22)14-8-11-23-12-9-14/h3,5-13H,2,4H2,1H3,(H,24,25,27,28). The van der Waals surface area contributed by atoms with Crippen LogP contribution in [0.2, 0.25) is 0 Å². The van der Waals surface area contributed by atoms with E-state index in [1.165, 1.54) is 0 Å². The van der Waals surface area contributed by atoms with Gasteiger partial charge >= 0.3 is 0 Å². The van der Waals surface area contributed by atoms with Crippen LogP contribution in [0.15, 0.2) is 65.5 Å². The van der Waals surface area contributed by atoms with Crippen LogP contribution in [-0.2, 0) is 6.42 Å². The van der Waals surface area contributed by atoms with E-state index in [2.05, 4.69) is 32.2 Å². The molecule has 0 fully saturated rings. The zero-order valence-corrected chi connectivity index (χ0v) is 15.8. The lowest BCUT2D eigenvalue weighted by molar-refractivity contribution is 0.525. The fraction of sp³-hybridized carbons (Fsp3) is 0.136. The molecular formula is C22H18N6O. The van der Waals surface area contributed by atoms with Crippen LogP contribution in [0.1, 0.15) is 19.2 Å². The second-order valence-corrected chi connectivity index (χ2v) is 6.67. The molecule has 0 spiro atoms. The van der Waals surface area contributed by atoms with E-state index in [1.807, 2.05) is 42.5 Å². The highest BCUT2D eigenvalue weighted by molar-refractivity contribution is 5.90. The first-order valence-electron chi connectivity index (χ1n) is 9.50. The van der Waals surface area contributed by atoms with Crippen LogP contribution in [0.4, 0.5) is 11.5 Å². The van der Waals surface area contributed by atoms with E-state index >= 15 is 0 Å². The van der Waals surface area contributed by atoms with Crippen molar-refractivity contribution >= 4 is 33.6 Å². The van der Waals surface area contributed by atoms with Gasteiger partial charge in [-0.2, -0.15) is 0 Å². The van der Waals surface area contributed by atoms with Crippen molar-refractivity contribution in [3.8, 4) is 11.4 Å². The SMILES string of the molecule is CCCc1nc2ccc(Nc3nc(-c4ccncc4)nc4ncccc34)cc2o1. The summed E-state index contributed by atoms with van der Waals surface area (Å²) in [6.07, 6.45) is 7.00. The van der Waals surface area contributed by atoms with E-state index < -0.39 is 0 Å². The zero-order valence-electron chi connectivity index (χ0n) is 15.8. The number of anilines is 2. The molecule has 4 heterocycles. The number of nitrogens with zero attached hydrogens (tertiary/aromatic N) is 5. The third kappa shape index (κ3) is 3.38. The first kappa shape index (κ1) is 17.2. The number of rotatable bonds is 5. The lowest BCUT2D eigenvalue weighted by Gasteiger charge is -2.10. The molecular weight excluding hydrogens is 364 g/mol. The summed E-state index contributed by atoms with van der Waals surface area (Å²) in [4.78, 5) is 22.3. The van der Waals surface area contributed by atoms with Crippen molar-refractivity contribution in [1.82, 2.24) is 24.9 Å². The largest absolute Gasteiger partial charge is 0.441 e. The Bertz CT molecular complexity index is 1300. The van der Waals surface area contributed by atoms with Gasteiger partial charge in [-0.3, -0.25) is 4.98 Å². The quantitative estimate of drug-likeness (QED) is 0.461. The molecule has 0 unspecified atom stereocenters.